The first-order valence-corrected chi connectivity index (χ1v) is 8.01. The minimum Gasteiger partial charge on any atom is -0.454 e. The number of ether oxygens (including phenoxy) is 1. The SMILES string of the molecule is Cc1ccc(C(=O)OC(CCN(C)C)c2ccc(Cl)cc2)cc1.Cl. The summed E-state index contributed by atoms with van der Waals surface area (Å²) in [6.07, 6.45) is 0.440. The number of aryl methyl sites for hydroxylation is 1. The maximum atomic E-state index is 12.4. The number of hydrogen-bond acceptors (Lipinski definition) is 3. The number of benzene rings is 2. The van der Waals surface area contributed by atoms with E-state index in [1.807, 2.05) is 57.4 Å². The monoisotopic (exact) mass is 367 g/mol. The molecule has 1 unspecified atom stereocenters. The van der Waals surface area contributed by atoms with Crippen molar-refractivity contribution in [1.82, 2.24) is 4.90 Å². The van der Waals surface area contributed by atoms with Gasteiger partial charge in [-0.2, -0.15) is 0 Å². The highest BCUT2D eigenvalue weighted by Gasteiger charge is 2.18. The lowest BCUT2D eigenvalue weighted by Gasteiger charge is -2.20. The van der Waals surface area contributed by atoms with Crippen molar-refractivity contribution in [2.75, 3.05) is 20.6 Å². The first-order valence-electron chi connectivity index (χ1n) is 7.63. The highest BCUT2D eigenvalue weighted by Crippen LogP contribution is 2.24. The van der Waals surface area contributed by atoms with E-state index < -0.39 is 0 Å². The fourth-order valence-corrected chi connectivity index (χ4v) is 2.36. The lowest BCUT2D eigenvalue weighted by atomic mass is 10.1. The Morgan fingerprint density at radius 3 is 2.21 bits per heavy atom. The zero-order valence-electron chi connectivity index (χ0n) is 14.2. The van der Waals surface area contributed by atoms with E-state index in [1.165, 1.54) is 0 Å². The van der Waals surface area contributed by atoms with Crippen LogP contribution >= 0.6 is 24.0 Å². The second kappa shape index (κ2) is 9.67. The third-order valence-corrected chi connectivity index (χ3v) is 3.87. The van der Waals surface area contributed by atoms with Crippen molar-refractivity contribution in [2.45, 2.75) is 19.4 Å². The molecule has 2 aromatic rings. The van der Waals surface area contributed by atoms with Crippen LogP contribution in [0.3, 0.4) is 0 Å². The van der Waals surface area contributed by atoms with Crippen LogP contribution in [-0.2, 0) is 4.74 Å². The largest absolute Gasteiger partial charge is 0.454 e. The molecule has 0 saturated carbocycles. The average Bonchev–Trinajstić information content (AvgIpc) is 2.52. The molecule has 0 radical (unpaired) electrons. The minimum atomic E-state index is -0.302. The fourth-order valence-electron chi connectivity index (χ4n) is 2.23. The summed E-state index contributed by atoms with van der Waals surface area (Å²) in [5, 5.41) is 0.671. The van der Waals surface area contributed by atoms with Crippen LogP contribution in [0.15, 0.2) is 48.5 Å². The normalized spacial score (nSPS) is 11.7. The number of esters is 1. The van der Waals surface area contributed by atoms with Gasteiger partial charge in [-0.1, -0.05) is 41.4 Å². The van der Waals surface area contributed by atoms with Crippen molar-refractivity contribution in [3.05, 3.63) is 70.2 Å². The third kappa shape index (κ3) is 6.16. The van der Waals surface area contributed by atoms with Crippen molar-refractivity contribution in [1.29, 1.82) is 0 Å². The van der Waals surface area contributed by atoms with E-state index in [-0.39, 0.29) is 24.5 Å². The number of nitrogens with zero attached hydrogens (tertiary/aromatic N) is 1. The highest BCUT2D eigenvalue weighted by atomic mass is 35.5. The minimum absolute atomic E-state index is 0. The topological polar surface area (TPSA) is 29.5 Å². The highest BCUT2D eigenvalue weighted by molar-refractivity contribution is 6.30. The van der Waals surface area contributed by atoms with E-state index in [2.05, 4.69) is 4.90 Å². The Morgan fingerprint density at radius 2 is 1.67 bits per heavy atom. The van der Waals surface area contributed by atoms with Crippen LogP contribution in [0.5, 0.6) is 0 Å². The second-order valence-electron chi connectivity index (χ2n) is 5.90. The van der Waals surface area contributed by atoms with Gasteiger partial charge in [0.2, 0.25) is 0 Å². The van der Waals surface area contributed by atoms with E-state index in [0.29, 0.717) is 10.6 Å². The zero-order valence-corrected chi connectivity index (χ0v) is 15.7. The number of carbonyl (C=O) groups is 1. The van der Waals surface area contributed by atoms with Gasteiger partial charge >= 0.3 is 5.97 Å². The van der Waals surface area contributed by atoms with Crippen molar-refractivity contribution in [2.24, 2.45) is 0 Å². The first kappa shape index (κ1) is 20.5. The van der Waals surface area contributed by atoms with E-state index in [4.69, 9.17) is 16.3 Å². The number of rotatable bonds is 6. The number of carbonyl (C=O) groups excluding carboxylic acids is 1. The summed E-state index contributed by atoms with van der Waals surface area (Å²) < 4.78 is 5.74. The Bertz CT molecular complexity index is 639. The summed E-state index contributed by atoms with van der Waals surface area (Å²) in [4.78, 5) is 14.5. The number of hydrogen-bond donors (Lipinski definition) is 0. The van der Waals surface area contributed by atoms with Gasteiger partial charge < -0.3 is 9.64 Å². The Balaban J connectivity index is 0.00000288. The smallest absolute Gasteiger partial charge is 0.338 e. The maximum Gasteiger partial charge on any atom is 0.338 e. The van der Waals surface area contributed by atoms with Crippen LogP contribution in [0, 0.1) is 6.92 Å². The van der Waals surface area contributed by atoms with Crippen LogP contribution < -0.4 is 0 Å². The molecule has 0 heterocycles. The molecule has 0 bridgehead atoms. The second-order valence-corrected chi connectivity index (χ2v) is 6.34. The molecule has 0 aliphatic heterocycles. The zero-order chi connectivity index (χ0) is 16.8. The summed E-state index contributed by atoms with van der Waals surface area (Å²) in [5.74, 6) is -0.302. The van der Waals surface area contributed by atoms with E-state index in [1.54, 1.807) is 12.1 Å². The van der Waals surface area contributed by atoms with Crippen LogP contribution in [0.4, 0.5) is 0 Å². The first-order chi connectivity index (χ1) is 11.0. The van der Waals surface area contributed by atoms with Crippen LogP contribution in [0.2, 0.25) is 5.02 Å². The van der Waals surface area contributed by atoms with Gasteiger partial charge in [0, 0.05) is 18.0 Å². The molecule has 0 spiro atoms. The van der Waals surface area contributed by atoms with Crippen molar-refractivity contribution in [3.8, 4) is 0 Å². The molecule has 2 rings (SSSR count). The molecule has 3 nitrogen and oxygen atoms in total. The molecule has 1 atom stereocenters. The quantitative estimate of drug-likeness (QED) is 0.678. The van der Waals surface area contributed by atoms with Gasteiger partial charge in [-0.15, -0.1) is 12.4 Å². The molecule has 0 aliphatic carbocycles. The summed E-state index contributed by atoms with van der Waals surface area (Å²) >= 11 is 5.94. The Morgan fingerprint density at radius 1 is 1.08 bits per heavy atom. The third-order valence-electron chi connectivity index (χ3n) is 3.62. The van der Waals surface area contributed by atoms with E-state index in [9.17, 15) is 4.79 Å². The molecule has 5 heteroatoms. The lowest BCUT2D eigenvalue weighted by molar-refractivity contribution is 0.0261. The molecule has 0 saturated heterocycles. The molecule has 0 aromatic heterocycles. The lowest BCUT2D eigenvalue weighted by Crippen LogP contribution is -2.19. The maximum absolute atomic E-state index is 12.4. The number of halogens is 2. The predicted molar refractivity (Wildman–Crippen MR) is 101 cm³/mol. The summed E-state index contributed by atoms with van der Waals surface area (Å²) in [7, 11) is 4.00. The summed E-state index contributed by atoms with van der Waals surface area (Å²) in [6.45, 7) is 2.82. The average molecular weight is 368 g/mol. The Kier molecular flexibility index (Phi) is 8.26. The Labute approximate surface area is 155 Å². The molecular weight excluding hydrogens is 345 g/mol. The van der Waals surface area contributed by atoms with Crippen LogP contribution in [-0.4, -0.2) is 31.5 Å². The van der Waals surface area contributed by atoms with Gasteiger partial charge in [0.15, 0.2) is 0 Å². The molecule has 130 valence electrons. The van der Waals surface area contributed by atoms with Gasteiger partial charge in [-0.25, -0.2) is 4.79 Å². The standard InChI is InChI=1S/C19H22ClNO2.ClH/c1-14-4-6-16(7-5-14)19(22)23-18(12-13-21(2)3)15-8-10-17(20)11-9-15;/h4-11,18H,12-13H2,1-3H3;1H. The van der Waals surface area contributed by atoms with Gasteiger partial charge in [-0.3, -0.25) is 0 Å². The van der Waals surface area contributed by atoms with Gasteiger partial charge in [-0.05, 0) is 50.8 Å². The van der Waals surface area contributed by atoms with Gasteiger partial charge in [0.05, 0.1) is 5.56 Å². The van der Waals surface area contributed by atoms with Crippen LogP contribution in [0.25, 0.3) is 0 Å². The summed E-state index contributed by atoms with van der Waals surface area (Å²) in [6, 6.07) is 14.9. The molecule has 24 heavy (non-hydrogen) atoms. The molecule has 0 amide bonds. The Hall–Kier alpha value is -1.55. The molecule has 0 aliphatic rings. The molecular formula is C19H23Cl2NO2. The summed E-state index contributed by atoms with van der Waals surface area (Å²) in [5.41, 5.74) is 2.64. The van der Waals surface area contributed by atoms with E-state index in [0.717, 1.165) is 24.1 Å². The molecule has 0 fully saturated rings. The van der Waals surface area contributed by atoms with Crippen molar-refractivity contribution < 1.29 is 9.53 Å². The van der Waals surface area contributed by atoms with Crippen LogP contribution in [0.1, 0.15) is 34.0 Å². The van der Waals surface area contributed by atoms with Gasteiger partial charge in [0.1, 0.15) is 6.10 Å². The van der Waals surface area contributed by atoms with E-state index >= 15 is 0 Å². The van der Waals surface area contributed by atoms with Crippen molar-refractivity contribution >= 4 is 30.0 Å². The van der Waals surface area contributed by atoms with Gasteiger partial charge in [0.25, 0.3) is 0 Å². The molecule has 0 N–H and O–H groups in total. The predicted octanol–water partition coefficient (Wildman–Crippen LogP) is 4.92. The fraction of sp³-hybridized carbons (Fsp3) is 0.316. The molecule has 2 aromatic carbocycles. The van der Waals surface area contributed by atoms with Crippen molar-refractivity contribution in [3.63, 3.8) is 0 Å².